The van der Waals surface area contributed by atoms with E-state index in [4.69, 9.17) is 0 Å². The minimum atomic E-state index is 0.694. The summed E-state index contributed by atoms with van der Waals surface area (Å²) in [4.78, 5) is 6.70. The summed E-state index contributed by atoms with van der Waals surface area (Å²) in [5.41, 5.74) is 1.27. The number of aromatic nitrogens is 1. The van der Waals surface area contributed by atoms with Crippen molar-refractivity contribution < 1.29 is 0 Å². The van der Waals surface area contributed by atoms with Gasteiger partial charge in [0.25, 0.3) is 0 Å². The first-order chi connectivity index (χ1) is 8.74. The lowest BCUT2D eigenvalue weighted by Crippen LogP contribution is -2.35. The molecule has 0 saturated heterocycles. The first-order valence-corrected chi connectivity index (χ1v) is 7.11. The van der Waals surface area contributed by atoms with Gasteiger partial charge in [-0.25, -0.2) is 4.98 Å². The SMILES string of the molecule is CCC1CCC(N(C)c2ccnc(NC)c2)CC1. The van der Waals surface area contributed by atoms with E-state index in [2.05, 4.69) is 41.3 Å². The molecule has 3 heteroatoms. The van der Waals surface area contributed by atoms with E-state index in [-0.39, 0.29) is 0 Å². The fraction of sp³-hybridized carbons (Fsp3) is 0.667. The van der Waals surface area contributed by atoms with E-state index in [1.807, 2.05) is 13.2 Å². The first-order valence-electron chi connectivity index (χ1n) is 7.11. The van der Waals surface area contributed by atoms with E-state index in [0.29, 0.717) is 6.04 Å². The Morgan fingerprint density at radius 2 is 2.06 bits per heavy atom. The monoisotopic (exact) mass is 247 g/mol. The van der Waals surface area contributed by atoms with E-state index < -0.39 is 0 Å². The third-order valence-corrected chi connectivity index (χ3v) is 4.35. The zero-order chi connectivity index (χ0) is 13.0. The van der Waals surface area contributed by atoms with Crippen LogP contribution < -0.4 is 10.2 Å². The molecule has 1 heterocycles. The normalized spacial score (nSPS) is 23.7. The molecule has 0 bridgehead atoms. The molecule has 1 aromatic rings. The molecule has 1 aliphatic carbocycles. The maximum Gasteiger partial charge on any atom is 0.127 e. The van der Waals surface area contributed by atoms with Gasteiger partial charge in [0.15, 0.2) is 0 Å². The highest BCUT2D eigenvalue weighted by Gasteiger charge is 2.23. The highest BCUT2D eigenvalue weighted by Crippen LogP contribution is 2.31. The lowest BCUT2D eigenvalue weighted by molar-refractivity contribution is 0.313. The van der Waals surface area contributed by atoms with Crippen molar-refractivity contribution in [3.05, 3.63) is 18.3 Å². The van der Waals surface area contributed by atoms with Crippen molar-refractivity contribution in [1.29, 1.82) is 0 Å². The van der Waals surface area contributed by atoms with Crippen molar-refractivity contribution >= 4 is 11.5 Å². The second kappa shape index (κ2) is 6.07. The molecule has 2 rings (SSSR count). The smallest absolute Gasteiger partial charge is 0.127 e. The summed E-state index contributed by atoms with van der Waals surface area (Å²) in [6.07, 6.45) is 8.65. The van der Waals surface area contributed by atoms with Gasteiger partial charge in [-0.3, -0.25) is 0 Å². The Bertz CT molecular complexity index is 370. The van der Waals surface area contributed by atoms with Crippen LogP contribution in [-0.4, -0.2) is 25.1 Å². The van der Waals surface area contributed by atoms with E-state index in [1.54, 1.807) is 0 Å². The molecule has 1 fully saturated rings. The molecule has 1 aromatic heterocycles. The quantitative estimate of drug-likeness (QED) is 0.882. The Hall–Kier alpha value is -1.25. The van der Waals surface area contributed by atoms with E-state index >= 15 is 0 Å². The molecule has 3 nitrogen and oxygen atoms in total. The summed E-state index contributed by atoms with van der Waals surface area (Å²) >= 11 is 0. The Morgan fingerprint density at radius 1 is 1.33 bits per heavy atom. The molecule has 1 saturated carbocycles. The Morgan fingerprint density at radius 3 is 2.67 bits per heavy atom. The highest BCUT2D eigenvalue weighted by molar-refractivity contribution is 5.53. The van der Waals surface area contributed by atoms with E-state index in [1.165, 1.54) is 37.8 Å². The van der Waals surface area contributed by atoms with Gasteiger partial charge in [-0.05, 0) is 37.7 Å². The minimum Gasteiger partial charge on any atom is -0.373 e. The van der Waals surface area contributed by atoms with Crippen molar-refractivity contribution in [1.82, 2.24) is 4.98 Å². The third kappa shape index (κ3) is 2.95. The first kappa shape index (κ1) is 13.2. The maximum absolute atomic E-state index is 4.27. The standard InChI is InChI=1S/C15H25N3/c1-4-12-5-7-13(8-6-12)18(3)14-9-10-17-15(11-14)16-2/h9-13H,4-8H2,1-3H3,(H,16,17). The fourth-order valence-corrected chi connectivity index (χ4v) is 2.93. The predicted octanol–water partition coefficient (Wildman–Crippen LogP) is 3.53. The molecule has 0 atom stereocenters. The van der Waals surface area contributed by atoms with Crippen molar-refractivity contribution in [2.24, 2.45) is 5.92 Å². The molecule has 0 radical (unpaired) electrons. The molecule has 1 N–H and O–H groups in total. The molecule has 0 unspecified atom stereocenters. The van der Waals surface area contributed by atoms with Gasteiger partial charge in [-0.2, -0.15) is 0 Å². The Kier molecular flexibility index (Phi) is 4.45. The van der Waals surface area contributed by atoms with Crippen LogP contribution in [0.5, 0.6) is 0 Å². The summed E-state index contributed by atoms with van der Waals surface area (Å²) in [5.74, 6) is 1.90. The molecule has 1 aliphatic rings. The lowest BCUT2D eigenvalue weighted by atomic mass is 9.84. The van der Waals surface area contributed by atoms with Crippen LogP contribution in [0.15, 0.2) is 18.3 Å². The van der Waals surface area contributed by atoms with Crippen LogP contribution in [0.2, 0.25) is 0 Å². The third-order valence-electron chi connectivity index (χ3n) is 4.35. The number of nitrogens with zero attached hydrogens (tertiary/aromatic N) is 2. The molecule has 100 valence electrons. The Balaban J connectivity index is 2.00. The topological polar surface area (TPSA) is 28.2 Å². The average Bonchev–Trinajstić information content (AvgIpc) is 2.46. The van der Waals surface area contributed by atoms with Crippen LogP contribution in [-0.2, 0) is 0 Å². The van der Waals surface area contributed by atoms with Gasteiger partial charge in [0.1, 0.15) is 5.82 Å². The van der Waals surface area contributed by atoms with Crippen LogP contribution in [0.4, 0.5) is 11.5 Å². The van der Waals surface area contributed by atoms with Crippen molar-refractivity contribution in [3.63, 3.8) is 0 Å². The number of rotatable bonds is 4. The summed E-state index contributed by atoms with van der Waals surface area (Å²) in [6.45, 7) is 2.32. The number of pyridine rings is 1. The van der Waals surface area contributed by atoms with Gasteiger partial charge in [0.05, 0.1) is 0 Å². The van der Waals surface area contributed by atoms with Crippen LogP contribution in [0.1, 0.15) is 39.0 Å². The van der Waals surface area contributed by atoms with Gasteiger partial charge in [-0.15, -0.1) is 0 Å². The second-order valence-electron chi connectivity index (χ2n) is 5.34. The van der Waals surface area contributed by atoms with Gasteiger partial charge in [0.2, 0.25) is 0 Å². The minimum absolute atomic E-state index is 0.694. The van der Waals surface area contributed by atoms with Gasteiger partial charge >= 0.3 is 0 Å². The second-order valence-corrected chi connectivity index (χ2v) is 5.34. The number of anilines is 2. The van der Waals surface area contributed by atoms with Crippen LogP contribution in [0.25, 0.3) is 0 Å². The largest absolute Gasteiger partial charge is 0.373 e. The zero-order valence-electron chi connectivity index (χ0n) is 11.8. The summed E-state index contributed by atoms with van der Waals surface area (Å²) in [5, 5.41) is 3.10. The molecule has 0 aliphatic heterocycles. The van der Waals surface area contributed by atoms with Crippen molar-refractivity contribution in [2.45, 2.75) is 45.1 Å². The summed E-state index contributed by atoms with van der Waals surface area (Å²) < 4.78 is 0. The van der Waals surface area contributed by atoms with Crippen LogP contribution in [0.3, 0.4) is 0 Å². The summed E-state index contributed by atoms with van der Waals surface area (Å²) in [6, 6.07) is 4.93. The zero-order valence-corrected chi connectivity index (χ0v) is 11.8. The van der Waals surface area contributed by atoms with Gasteiger partial charge in [-0.1, -0.05) is 13.3 Å². The number of hydrogen-bond donors (Lipinski definition) is 1. The maximum atomic E-state index is 4.27. The molecular formula is C15H25N3. The van der Waals surface area contributed by atoms with Crippen LogP contribution >= 0.6 is 0 Å². The van der Waals surface area contributed by atoms with Crippen LogP contribution in [0, 0.1) is 5.92 Å². The molecular weight excluding hydrogens is 222 g/mol. The average molecular weight is 247 g/mol. The fourth-order valence-electron chi connectivity index (χ4n) is 2.93. The predicted molar refractivity (Wildman–Crippen MR) is 78.2 cm³/mol. The van der Waals surface area contributed by atoms with Gasteiger partial charge < -0.3 is 10.2 Å². The molecule has 18 heavy (non-hydrogen) atoms. The van der Waals surface area contributed by atoms with E-state index in [9.17, 15) is 0 Å². The van der Waals surface area contributed by atoms with E-state index in [0.717, 1.165) is 11.7 Å². The van der Waals surface area contributed by atoms with Crippen molar-refractivity contribution in [3.8, 4) is 0 Å². The molecule has 0 amide bonds. The highest BCUT2D eigenvalue weighted by atomic mass is 15.1. The molecule has 0 spiro atoms. The Labute approximate surface area is 111 Å². The summed E-state index contributed by atoms with van der Waals surface area (Å²) in [7, 11) is 4.13. The van der Waals surface area contributed by atoms with Crippen molar-refractivity contribution in [2.75, 3.05) is 24.3 Å². The van der Waals surface area contributed by atoms with Gasteiger partial charge in [0, 0.05) is 38.1 Å². The number of hydrogen-bond acceptors (Lipinski definition) is 3. The molecule has 0 aromatic carbocycles. The lowest BCUT2D eigenvalue weighted by Gasteiger charge is -2.35. The number of nitrogens with one attached hydrogen (secondary N) is 1.